The van der Waals surface area contributed by atoms with E-state index in [9.17, 15) is 14.7 Å². The minimum atomic E-state index is -0.595. The molecule has 0 amide bonds. The van der Waals surface area contributed by atoms with Crippen molar-refractivity contribution in [1.29, 1.82) is 0 Å². The molecule has 0 aliphatic carbocycles. The highest BCUT2D eigenvalue weighted by Gasteiger charge is 2.24. The third kappa shape index (κ3) is 4.94. The zero-order valence-electron chi connectivity index (χ0n) is 12.5. The van der Waals surface area contributed by atoms with Crippen molar-refractivity contribution in [1.82, 2.24) is 0 Å². The normalized spacial score (nSPS) is 21.6. The van der Waals surface area contributed by atoms with Crippen LogP contribution in [0, 0.1) is 0 Å². The third-order valence-corrected chi connectivity index (χ3v) is 3.54. The Labute approximate surface area is 133 Å². The summed E-state index contributed by atoms with van der Waals surface area (Å²) in [7, 11) is 0. The first kappa shape index (κ1) is 15.8. The van der Waals surface area contributed by atoms with E-state index in [4.69, 9.17) is 18.9 Å². The van der Waals surface area contributed by atoms with Crippen molar-refractivity contribution in [3.63, 3.8) is 0 Å². The van der Waals surface area contributed by atoms with Crippen molar-refractivity contribution in [2.75, 3.05) is 26.4 Å². The predicted octanol–water partition coefficient (Wildman–Crippen LogP) is 1.28. The summed E-state index contributed by atoms with van der Waals surface area (Å²) >= 11 is 0. The molecular formula is C16H18O7. The number of aromatic hydroxyl groups is 1. The highest BCUT2D eigenvalue weighted by molar-refractivity contribution is 5.96. The van der Waals surface area contributed by atoms with Crippen molar-refractivity contribution in [2.45, 2.75) is 25.0 Å². The van der Waals surface area contributed by atoms with E-state index < -0.39 is 11.9 Å². The molecule has 3 rings (SSSR count). The summed E-state index contributed by atoms with van der Waals surface area (Å²) in [6, 6.07) is 3.86. The van der Waals surface area contributed by atoms with Gasteiger partial charge in [0.2, 0.25) is 0 Å². The first-order valence-corrected chi connectivity index (χ1v) is 7.53. The molecule has 2 unspecified atom stereocenters. The predicted molar refractivity (Wildman–Crippen MR) is 77.4 cm³/mol. The van der Waals surface area contributed by atoms with Crippen LogP contribution in [0.5, 0.6) is 5.75 Å². The Bertz CT molecular complexity index is 542. The Morgan fingerprint density at radius 2 is 1.39 bits per heavy atom. The van der Waals surface area contributed by atoms with Crippen LogP contribution in [0.4, 0.5) is 0 Å². The lowest BCUT2D eigenvalue weighted by atomic mass is 10.1. The molecule has 2 heterocycles. The number of phenolic OH excluding ortho intramolecular Hbond substituents is 1. The van der Waals surface area contributed by atoms with Gasteiger partial charge in [0.1, 0.15) is 5.75 Å². The first-order chi connectivity index (χ1) is 11.1. The maximum atomic E-state index is 11.9. The van der Waals surface area contributed by atoms with Crippen LogP contribution in [0.2, 0.25) is 0 Å². The molecule has 0 spiro atoms. The van der Waals surface area contributed by atoms with Crippen molar-refractivity contribution in [3.05, 3.63) is 29.3 Å². The molecule has 7 heteroatoms. The molecule has 2 aliphatic rings. The molecule has 0 radical (unpaired) electrons. The molecule has 1 N–H and O–H groups in total. The number of hydrogen-bond donors (Lipinski definition) is 1. The lowest BCUT2D eigenvalue weighted by Gasteiger charge is -2.08. The lowest BCUT2D eigenvalue weighted by molar-refractivity contribution is 0.0491. The number of hydrogen-bond acceptors (Lipinski definition) is 7. The van der Waals surface area contributed by atoms with Crippen LogP contribution in [-0.4, -0.2) is 55.7 Å². The van der Waals surface area contributed by atoms with Crippen molar-refractivity contribution in [3.8, 4) is 5.75 Å². The zero-order chi connectivity index (χ0) is 16.2. The maximum absolute atomic E-state index is 11.9. The summed E-state index contributed by atoms with van der Waals surface area (Å²) in [6.07, 6.45) is 1.63. The fourth-order valence-corrected chi connectivity index (χ4v) is 2.05. The van der Waals surface area contributed by atoms with Crippen LogP contribution in [-0.2, 0) is 18.9 Å². The van der Waals surface area contributed by atoms with E-state index in [1.165, 1.54) is 18.2 Å². The Balaban J connectivity index is 1.55. The van der Waals surface area contributed by atoms with Gasteiger partial charge in [0, 0.05) is 12.8 Å². The van der Waals surface area contributed by atoms with Crippen LogP contribution in [0.25, 0.3) is 0 Å². The van der Waals surface area contributed by atoms with E-state index in [1.54, 1.807) is 0 Å². The summed E-state index contributed by atoms with van der Waals surface area (Å²) in [4.78, 5) is 23.9. The Morgan fingerprint density at radius 1 is 0.957 bits per heavy atom. The zero-order valence-corrected chi connectivity index (χ0v) is 12.5. The first-order valence-electron chi connectivity index (χ1n) is 7.53. The summed E-state index contributed by atoms with van der Waals surface area (Å²) in [5.41, 5.74) is 0.221. The Morgan fingerprint density at radius 3 is 1.78 bits per heavy atom. The van der Waals surface area contributed by atoms with E-state index >= 15 is 0 Å². The third-order valence-electron chi connectivity index (χ3n) is 3.54. The number of carbonyl (C=O) groups is 2. The van der Waals surface area contributed by atoms with E-state index in [0.717, 1.165) is 0 Å². The molecule has 2 atom stereocenters. The van der Waals surface area contributed by atoms with Crippen molar-refractivity contribution < 1.29 is 33.6 Å². The number of esters is 2. The van der Waals surface area contributed by atoms with Crippen LogP contribution in [0.1, 0.15) is 33.6 Å². The number of ether oxygens (including phenoxy) is 4. The SMILES string of the molecule is O=C(OCCC1CO1)c1cc(O)cc(C(=O)OCCC2CO2)c1. The summed E-state index contributed by atoms with van der Waals surface area (Å²) < 4.78 is 20.2. The van der Waals surface area contributed by atoms with Crippen molar-refractivity contribution >= 4 is 11.9 Å². The van der Waals surface area contributed by atoms with Gasteiger partial charge in [-0.2, -0.15) is 0 Å². The second kappa shape index (κ2) is 6.97. The average molecular weight is 322 g/mol. The highest BCUT2D eigenvalue weighted by Crippen LogP contribution is 2.19. The van der Waals surface area contributed by atoms with Gasteiger partial charge in [-0.15, -0.1) is 0 Å². The van der Waals surface area contributed by atoms with Gasteiger partial charge in [-0.1, -0.05) is 0 Å². The second-order valence-electron chi connectivity index (χ2n) is 5.53. The van der Waals surface area contributed by atoms with Crippen LogP contribution < -0.4 is 0 Å². The largest absolute Gasteiger partial charge is 0.508 e. The quantitative estimate of drug-likeness (QED) is 0.568. The minimum absolute atomic E-state index is 0.110. The van der Waals surface area contributed by atoms with Gasteiger partial charge in [0.05, 0.1) is 49.8 Å². The monoisotopic (exact) mass is 322 g/mol. The highest BCUT2D eigenvalue weighted by atomic mass is 16.6. The number of benzene rings is 1. The number of rotatable bonds is 8. The number of phenols is 1. The van der Waals surface area contributed by atoms with Gasteiger partial charge in [-0.25, -0.2) is 9.59 Å². The Hall–Kier alpha value is -2.12. The lowest BCUT2D eigenvalue weighted by Crippen LogP contribution is -2.11. The van der Waals surface area contributed by atoms with Crippen LogP contribution >= 0.6 is 0 Å². The van der Waals surface area contributed by atoms with Gasteiger partial charge >= 0.3 is 11.9 Å². The average Bonchev–Trinajstić information content (AvgIpc) is 3.41. The van der Waals surface area contributed by atoms with Gasteiger partial charge in [-0.3, -0.25) is 0 Å². The van der Waals surface area contributed by atoms with Gasteiger partial charge in [0.25, 0.3) is 0 Å². The Kier molecular flexibility index (Phi) is 4.78. The number of carbonyl (C=O) groups excluding carboxylic acids is 2. The van der Waals surface area contributed by atoms with Gasteiger partial charge in [0.15, 0.2) is 0 Å². The van der Waals surface area contributed by atoms with Gasteiger partial charge in [-0.05, 0) is 18.2 Å². The molecule has 2 saturated heterocycles. The van der Waals surface area contributed by atoms with Crippen molar-refractivity contribution in [2.24, 2.45) is 0 Å². The van der Waals surface area contributed by atoms with E-state index in [2.05, 4.69) is 0 Å². The smallest absolute Gasteiger partial charge is 0.338 e. The van der Waals surface area contributed by atoms with E-state index in [1.807, 2.05) is 0 Å². The van der Waals surface area contributed by atoms with Crippen LogP contribution in [0.3, 0.4) is 0 Å². The fraction of sp³-hybridized carbons (Fsp3) is 0.500. The molecule has 1 aromatic carbocycles. The van der Waals surface area contributed by atoms with Crippen LogP contribution in [0.15, 0.2) is 18.2 Å². The minimum Gasteiger partial charge on any atom is -0.508 e. The fourth-order valence-electron chi connectivity index (χ4n) is 2.05. The van der Waals surface area contributed by atoms with Gasteiger partial charge < -0.3 is 24.1 Å². The molecule has 124 valence electrons. The van der Waals surface area contributed by atoms with E-state index in [0.29, 0.717) is 26.1 Å². The molecule has 2 fully saturated rings. The number of epoxide rings is 2. The molecule has 7 nitrogen and oxygen atoms in total. The molecule has 1 aromatic rings. The summed E-state index contributed by atoms with van der Waals surface area (Å²) in [5.74, 6) is -1.38. The molecule has 0 aromatic heterocycles. The molecule has 0 bridgehead atoms. The molecule has 23 heavy (non-hydrogen) atoms. The van der Waals surface area contributed by atoms with E-state index in [-0.39, 0.29) is 42.3 Å². The molecular weight excluding hydrogens is 304 g/mol. The summed E-state index contributed by atoms with van der Waals surface area (Å²) in [6.45, 7) is 1.87. The molecule has 2 aliphatic heterocycles. The maximum Gasteiger partial charge on any atom is 0.338 e. The summed E-state index contributed by atoms with van der Waals surface area (Å²) in [5, 5.41) is 9.68. The molecule has 0 saturated carbocycles. The second-order valence-corrected chi connectivity index (χ2v) is 5.53. The topological polar surface area (TPSA) is 97.9 Å². The standard InChI is InChI=1S/C16H18O7/c17-12-6-10(15(18)20-3-1-13-8-22-13)5-11(7-12)16(19)21-4-2-14-9-23-14/h5-7,13-14,17H,1-4,8-9H2.